The van der Waals surface area contributed by atoms with Gasteiger partial charge in [0.2, 0.25) is 5.95 Å². The van der Waals surface area contributed by atoms with Gasteiger partial charge in [0.1, 0.15) is 0 Å². The van der Waals surface area contributed by atoms with Crippen LogP contribution in [0.2, 0.25) is 0 Å². The number of aliphatic hydroxyl groups is 1. The Morgan fingerprint density at radius 3 is 2.61 bits per heavy atom. The van der Waals surface area contributed by atoms with Crippen LogP contribution in [0.4, 0.5) is 5.95 Å². The highest BCUT2D eigenvalue weighted by molar-refractivity contribution is 5.81. The number of nitrogen functional groups attached to an aromatic ring is 1. The number of rotatable bonds is 2. The molecular weight excluding hydrogens is 226 g/mol. The normalized spacial score (nSPS) is 10.9. The van der Waals surface area contributed by atoms with Crippen molar-refractivity contribution in [2.75, 3.05) is 5.73 Å². The van der Waals surface area contributed by atoms with Gasteiger partial charge in [-0.25, -0.2) is 4.98 Å². The van der Waals surface area contributed by atoms with Crippen molar-refractivity contribution in [1.82, 2.24) is 9.55 Å². The van der Waals surface area contributed by atoms with Crippen molar-refractivity contribution in [3.05, 3.63) is 54.1 Å². The van der Waals surface area contributed by atoms with Gasteiger partial charge in [-0.2, -0.15) is 0 Å². The van der Waals surface area contributed by atoms with E-state index in [1.54, 1.807) is 0 Å². The van der Waals surface area contributed by atoms with Gasteiger partial charge in [0.05, 0.1) is 23.3 Å². The molecule has 2 aromatic carbocycles. The monoisotopic (exact) mass is 239 g/mol. The summed E-state index contributed by atoms with van der Waals surface area (Å²) in [5.74, 6) is 0.428. The summed E-state index contributed by atoms with van der Waals surface area (Å²) in [5, 5.41) is 9.41. The van der Waals surface area contributed by atoms with Crippen molar-refractivity contribution in [3.8, 4) is 5.69 Å². The number of aromatic nitrogens is 2. The molecule has 0 radical (unpaired) electrons. The summed E-state index contributed by atoms with van der Waals surface area (Å²) in [6.45, 7) is -0.0257. The van der Waals surface area contributed by atoms with Crippen LogP contribution in [0.3, 0.4) is 0 Å². The van der Waals surface area contributed by atoms with E-state index in [4.69, 9.17) is 5.73 Å². The topological polar surface area (TPSA) is 64.1 Å². The van der Waals surface area contributed by atoms with Crippen LogP contribution in [0.25, 0.3) is 16.7 Å². The summed E-state index contributed by atoms with van der Waals surface area (Å²) in [6.07, 6.45) is 0. The lowest BCUT2D eigenvalue weighted by molar-refractivity contribution is 0.281. The predicted molar refractivity (Wildman–Crippen MR) is 71.4 cm³/mol. The Morgan fingerprint density at radius 1 is 1.06 bits per heavy atom. The lowest BCUT2D eigenvalue weighted by Gasteiger charge is -2.10. The summed E-state index contributed by atoms with van der Waals surface area (Å²) in [5.41, 5.74) is 9.46. The third-order valence-corrected chi connectivity index (χ3v) is 2.99. The number of anilines is 1. The second-order valence-electron chi connectivity index (χ2n) is 4.08. The molecule has 18 heavy (non-hydrogen) atoms. The van der Waals surface area contributed by atoms with E-state index in [2.05, 4.69) is 4.98 Å². The minimum atomic E-state index is -0.0257. The smallest absolute Gasteiger partial charge is 0.205 e. The van der Waals surface area contributed by atoms with E-state index in [9.17, 15) is 5.11 Å². The maximum Gasteiger partial charge on any atom is 0.205 e. The molecule has 1 aromatic heterocycles. The molecule has 3 rings (SSSR count). The van der Waals surface area contributed by atoms with Crippen LogP contribution in [0.15, 0.2) is 48.5 Å². The Kier molecular flexibility index (Phi) is 2.50. The molecule has 0 saturated heterocycles. The first-order valence-corrected chi connectivity index (χ1v) is 5.73. The molecule has 0 amide bonds. The van der Waals surface area contributed by atoms with E-state index in [1.165, 1.54) is 0 Å². The summed E-state index contributed by atoms with van der Waals surface area (Å²) < 4.78 is 1.86. The largest absolute Gasteiger partial charge is 0.392 e. The lowest BCUT2D eigenvalue weighted by Crippen LogP contribution is -2.03. The van der Waals surface area contributed by atoms with Gasteiger partial charge in [-0.1, -0.05) is 30.3 Å². The number of para-hydroxylation sites is 3. The van der Waals surface area contributed by atoms with Crippen LogP contribution >= 0.6 is 0 Å². The van der Waals surface area contributed by atoms with Gasteiger partial charge in [0, 0.05) is 5.56 Å². The van der Waals surface area contributed by atoms with Gasteiger partial charge < -0.3 is 10.8 Å². The Bertz CT molecular complexity index is 703. The Balaban J connectivity index is 2.34. The van der Waals surface area contributed by atoms with Gasteiger partial charge in [-0.3, -0.25) is 4.57 Å². The molecule has 0 spiro atoms. The van der Waals surface area contributed by atoms with Crippen LogP contribution in [0.5, 0.6) is 0 Å². The van der Waals surface area contributed by atoms with E-state index < -0.39 is 0 Å². The molecule has 0 aliphatic heterocycles. The molecular formula is C14H13N3O. The van der Waals surface area contributed by atoms with E-state index in [-0.39, 0.29) is 6.61 Å². The van der Waals surface area contributed by atoms with Gasteiger partial charge >= 0.3 is 0 Å². The molecule has 4 heteroatoms. The molecule has 90 valence electrons. The standard InChI is InChI=1S/C14H13N3O/c15-14-16-11-6-2-4-8-13(11)17(14)12-7-3-1-5-10(12)9-18/h1-8,18H,9H2,(H2,15,16). The number of fused-ring (bicyclic) bond motifs is 1. The summed E-state index contributed by atoms with van der Waals surface area (Å²) in [6, 6.07) is 15.4. The first kappa shape index (κ1) is 10.8. The summed E-state index contributed by atoms with van der Waals surface area (Å²) in [4.78, 5) is 4.32. The highest BCUT2D eigenvalue weighted by atomic mass is 16.3. The molecule has 0 saturated carbocycles. The first-order chi connectivity index (χ1) is 8.81. The molecule has 4 nitrogen and oxygen atoms in total. The van der Waals surface area contributed by atoms with E-state index in [1.807, 2.05) is 53.1 Å². The SMILES string of the molecule is Nc1nc2ccccc2n1-c1ccccc1CO. The van der Waals surface area contributed by atoms with Crippen molar-refractivity contribution in [1.29, 1.82) is 0 Å². The first-order valence-electron chi connectivity index (χ1n) is 5.73. The fourth-order valence-electron chi connectivity index (χ4n) is 2.16. The van der Waals surface area contributed by atoms with Crippen molar-refractivity contribution in [2.45, 2.75) is 6.61 Å². The highest BCUT2D eigenvalue weighted by Crippen LogP contribution is 2.25. The molecule has 0 bridgehead atoms. The zero-order chi connectivity index (χ0) is 12.5. The van der Waals surface area contributed by atoms with Crippen molar-refractivity contribution in [3.63, 3.8) is 0 Å². The number of aliphatic hydroxyl groups excluding tert-OH is 1. The fraction of sp³-hybridized carbons (Fsp3) is 0.0714. The van der Waals surface area contributed by atoms with Gasteiger partial charge in [-0.05, 0) is 18.2 Å². The van der Waals surface area contributed by atoms with Crippen molar-refractivity contribution < 1.29 is 5.11 Å². The number of imidazole rings is 1. The quantitative estimate of drug-likeness (QED) is 0.719. The average molecular weight is 239 g/mol. The fourth-order valence-corrected chi connectivity index (χ4v) is 2.16. The number of nitrogens with zero attached hydrogens (tertiary/aromatic N) is 2. The van der Waals surface area contributed by atoms with Crippen LogP contribution in [-0.2, 0) is 6.61 Å². The van der Waals surface area contributed by atoms with Crippen LogP contribution in [0, 0.1) is 0 Å². The molecule has 0 aliphatic carbocycles. The molecule has 3 N–H and O–H groups in total. The lowest BCUT2D eigenvalue weighted by atomic mass is 10.2. The van der Waals surface area contributed by atoms with E-state index in [0.717, 1.165) is 22.3 Å². The zero-order valence-corrected chi connectivity index (χ0v) is 9.74. The van der Waals surface area contributed by atoms with Crippen LogP contribution in [0.1, 0.15) is 5.56 Å². The number of hydrogen-bond acceptors (Lipinski definition) is 3. The third kappa shape index (κ3) is 1.55. The summed E-state index contributed by atoms with van der Waals surface area (Å²) >= 11 is 0. The molecule has 0 atom stereocenters. The minimum Gasteiger partial charge on any atom is -0.392 e. The highest BCUT2D eigenvalue weighted by Gasteiger charge is 2.11. The van der Waals surface area contributed by atoms with Gasteiger partial charge in [0.25, 0.3) is 0 Å². The summed E-state index contributed by atoms with van der Waals surface area (Å²) in [7, 11) is 0. The van der Waals surface area contributed by atoms with Crippen molar-refractivity contribution >= 4 is 17.0 Å². The van der Waals surface area contributed by atoms with Crippen LogP contribution < -0.4 is 5.73 Å². The minimum absolute atomic E-state index is 0.0257. The van der Waals surface area contributed by atoms with E-state index in [0.29, 0.717) is 5.95 Å². The Labute approximate surface area is 104 Å². The van der Waals surface area contributed by atoms with Crippen LogP contribution in [-0.4, -0.2) is 14.7 Å². The number of hydrogen-bond donors (Lipinski definition) is 2. The number of nitrogens with two attached hydrogens (primary N) is 1. The molecule has 0 fully saturated rings. The maximum absolute atomic E-state index is 9.41. The Morgan fingerprint density at radius 2 is 1.78 bits per heavy atom. The van der Waals surface area contributed by atoms with Crippen molar-refractivity contribution in [2.24, 2.45) is 0 Å². The molecule has 3 aromatic rings. The molecule has 0 unspecified atom stereocenters. The average Bonchev–Trinajstić information content (AvgIpc) is 2.74. The van der Waals surface area contributed by atoms with Gasteiger partial charge in [-0.15, -0.1) is 0 Å². The zero-order valence-electron chi connectivity index (χ0n) is 9.74. The van der Waals surface area contributed by atoms with Gasteiger partial charge in [0.15, 0.2) is 0 Å². The number of benzene rings is 2. The molecule has 1 heterocycles. The maximum atomic E-state index is 9.41. The second kappa shape index (κ2) is 4.16. The third-order valence-electron chi connectivity index (χ3n) is 2.99. The molecule has 0 aliphatic rings. The van der Waals surface area contributed by atoms with E-state index >= 15 is 0 Å². The Hall–Kier alpha value is -2.33. The predicted octanol–water partition coefficient (Wildman–Crippen LogP) is 2.10. The second-order valence-corrected chi connectivity index (χ2v) is 4.08.